The molecular formula is C23H30N4O4. The van der Waals surface area contributed by atoms with Gasteiger partial charge >= 0.3 is 6.09 Å². The summed E-state index contributed by atoms with van der Waals surface area (Å²) in [5.41, 5.74) is 13.2. The van der Waals surface area contributed by atoms with E-state index in [2.05, 4.69) is 10.6 Å². The molecule has 166 valence electrons. The molecule has 31 heavy (non-hydrogen) atoms. The van der Waals surface area contributed by atoms with E-state index in [1.165, 1.54) is 0 Å². The van der Waals surface area contributed by atoms with Gasteiger partial charge in [0.15, 0.2) is 0 Å². The van der Waals surface area contributed by atoms with Gasteiger partial charge in [-0.1, -0.05) is 60.7 Å². The Morgan fingerprint density at radius 2 is 1.52 bits per heavy atom. The molecule has 0 aliphatic heterocycles. The molecule has 0 bridgehead atoms. The van der Waals surface area contributed by atoms with E-state index in [4.69, 9.17) is 16.2 Å². The number of nitrogens with one attached hydrogen (secondary N) is 2. The van der Waals surface area contributed by atoms with E-state index in [-0.39, 0.29) is 6.61 Å². The number of hydrogen-bond acceptors (Lipinski definition) is 5. The maximum absolute atomic E-state index is 12.3. The summed E-state index contributed by atoms with van der Waals surface area (Å²) >= 11 is 0. The highest BCUT2D eigenvalue weighted by atomic mass is 16.5. The number of benzene rings is 2. The minimum Gasteiger partial charge on any atom is -0.445 e. The SMILES string of the molecule is NC(=O)[C@H](CCCCNC(=O)OCc1ccccc1)NC(=O)[C@@H](N)Cc1ccccc1. The van der Waals surface area contributed by atoms with Crippen molar-refractivity contribution in [2.45, 2.75) is 44.4 Å². The summed E-state index contributed by atoms with van der Waals surface area (Å²) in [6.45, 7) is 0.590. The number of primary amides is 1. The first-order chi connectivity index (χ1) is 15.0. The Hall–Kier alpha value is -3.39. The van der Waals surface area contributed by atoms with Crippen molar-refractivity contribution in [3.05, 3.63) is 71.8 Å². The summed E-state index contributed by atoms with van der Waals surface area (Å²) in [5.74, 6) is -1.04. The van der Waals surface area contributed by atoms with Crippen molar-refractivity contribution in [2.24, 2.45) is 11.5 Å². The van der Waals surface area contributed by atoms with E-state index in [0.717, 1.165) is 11.1 Å². The molecule has 0 heterocycles. The minimum absolute atomic E-state index is 0.200. The van der Waals surface area contributed by atoms with Crippen molar-refractivity contribution in [1.29, 1.82) is 0 Å². The maximum atomic E-state index is 12.3. The first-order valence-electron chi connectivity index (χ1n) is 10.3. The van der Waals surface area contributed by atoms with E-state index in [1.807, 2.05) is 60.7 Å². The van der Waals surface area contributed by atoms with Gasteiger partial charge in [0.2, 0.25) is 11.8 Å². The molecule has 0 aliphatic carbocycles. The Balaban J connectivity index is 1.64. The van der Waals surface area contributed by atoms with Crippen LogP contribution >= 0.6 is 0 Å². The van der Waals surface area contributed by atoms with Crippen LogP contribution in [0, 0.1) is 0 Å². The van der Waals surface area contributed by atoms with Gasteiger partial charge in [-0.15, -0.1) is 0 Å². The molecule has 0 radical (unpaired) electrons. The van der Waals surface area contributed by atoms with Crippen LogP contribution in [0.5, 0.6) is 0 Å². The zero-order chi connectivity index (χ0) is 22.5. The van der Waals surface area contributed by atoms with Crippen molar-refractivity contribution in [1.82, 2.24) is 10.6 Å². The van der Waals surface area contributed by atoms with Gasteiger partial charge in [-0.05, 0) is 36.8 Å². The molecule has 0 aliphatic rings. The second kappa shape index (κ2) is 13.0. The molecule has 8 heteroatoms. The summed E-state index contributed by atoms with van der Waals surface area (Å²) in [7, 11) is 0. The second-order valence-electron chi connectivity index (χ2n) is 7.24. The van der Waals surface area contributed by atoms with Crippen LogP contribution in [0.1, 0.15) is 30.4 Å². The number of ether oxygens (including phenoxy) is 1. The number of carbonyl (C=O) groups is 3. The Morgan fingerprint density at radius 1 is 0.903 bits per heavy atom. The molecule has 2 aromatic carbocycles. The normalized spacial score (nSPS) is 12.4. The highest BCUT2D eigenvalue weighted by Crippen LogP contribution is 2.05. The lowest BCUT2D eigenvalue weighted by Gasteiger charge is -2.18. The van der Waals surface area contributed by atoms with Crippen LogP contribution in [0.15, 0.2) is 60.7 Å². The maximum Gasteiger partial charge on any atom is 0.407 e. The monoisotopic (exact) mass is 426 g/mol. The molecule has 2 aromatic rings. The average molecular weight is 427 g/mol. The van der Waals surface area contributed by atoms with Crippen LogP contribution in [0.3, 0.4) is 0 Å². The number of alkyl carbamates (subject to hydrolysis) is 1. The number of hydrogen-bond donors (Lipinski definition) is 4. The lowest BCUT2D eigenvalue weighted by atomic mass is 10.0. The second-order valence-corrected chi connectivity index (χ2v) is 7.24. The first-order valence-corrected chi connectivity index (χ1v) is 10.3. The predicted octanol–water partition coefficient (Wildman–Crippen LogP) is 1.62. The van der Waals surface area contributed by atoms with E-state index in [0.29, 0.717) is 32.2 Å². The first kappa shape index (κ1) is 23.9. The molecule has 0 saturated carbocycles. The lowest BCUT2D eigenvalue weighted by molar-refractivity contribution is -0.128. The standard InChI is InChI=1S/C23H30N4O4/c24-19(15-17-9-3-1-4-10-17)22(29)27-20(21(25)28)13-7-8-14-26-23(30)31-16-18-11-5-2-6-12-18/h1-6,9-12,19-20H,7-8,13-16,24H2,(H2,25,28)(H,26,30)(H,27,29)/t19-,20-/m0/s1. The third-order valence-corrected chi connectivity index (χ3v) is 4.70. The van der Waals surface area contributed by atoms with Gasteiger partial charge in [0.25, 0.3) is 0 Å². The molecule has 0 unspecified atom stereocenters. The molecular weight excluding hydrogens is 396 g/mol. The third kappa shape index (κ3) is 9.31. The fraction of sp³-hybridized carbons (Fsp3) is 0.348. The molecule has 0 fully saturated rings. The van der Waals surface area contributed by atoms with Gasteiger partial charge in [-0.3, -0.25) is 9.59 Å². The number of amides is 3. The Bertz CT molecular complexity index is 830. The fourth-order valence-corrected chi connectivity index (χ4v) is 2.96. The van der Waals surface area contributed by atoms with Crippen molar-refractivity contribution in [2.75, 3.05) is 6.54 Å². The zero-order valence-electron chi connectivity index (χ0n) is 17.5. The van der Waals surface area contributed by atoms with Gasteiger partial charge in [-0.25, -0.2) is 4.79 Å². The summed E-state index contributed by atoms with van der Waals surface area (Å²) in [6, 6.07) is 17.2. The van der Waals surface area contributed by atoms with Gasteiger partial charge in [-0.2, -0.15) is 0 Å². The van der Waals surface area contributed by atoms with E-state index >= 15 is 0 Å². The largest absolute Gasteiger partial charge is 0.445 e. The van der Waals surface area contributed by atoms with Crippen molar-refractivity contribution in [3.63, 3.8) is 0 Å². The quantitative estimate of drug-likeness (QED) is 0.382. The lowest BCUT2D eigenvalue weighted by Crippen LogP contribution is -2.51. The zero-order valence-corrected chi connectivity index (χ0v) is 17.5. The van der Waals surface area contributed by atoms with E-state index in [1.54, 1.807) is 0 Å². The van der Waals surface area contributed by atoms with Crippen LogP contribution in [0.4, 0.5) is 4.79 Å². The van der Waals surface area contributed by atoms with Crippen molar-refractivity contribution < 1.29 is 19.1 Å². The van der Waals surface area contributed by atoms with Gasteiger partial charge in [0.05, 0.1) is 6.04 Å². The Morgan fingerprint density at radius 3 is 2.13 bits per heavy atom. The molecule has 6 N–H and O–H groups in total. The predicted molar refractivity (Wildman–Crippen MR) is 118 cm³/mol. The van der Waals surface area contributed by atoms with Crippen LogP contribution in [0.2, 0.25) is 0 Å². The average Bonchev–Trinajstić information content (AvgIpc) is 2.77. The van der Waals surface area contributed by atoms with Crippen LogP contribution in [-0.4, -0.2) is 36.5 Å². The van der Waals surface area contributed by atoms with Crippen LogP contribution < -0.4 is 22.1 Å². The Labute approximate surface area is 182 Å². The third-order valence-electron chi connectivity index (χ3n) is 4.70. The fourth-order valence-electron chi connectivity index (χ4n) is 2.96. The molecule has 0 spiro atoms. The topological polar surface area (TPSA) is 137 Å². The van der Waals surface area contributed by atoms with E-state index in [9.17, 15) is 14.4 Å². The summed E-state index contributed by atoms with van der Waals surface area (Å²) in [6.07, 6.45) is 1.42. The van der Waals surface area contributed by atoms with Crippen LogP contribution in [0.25, 0.3) is 0 Å². The van der Waals surface area contributed by atoms with Crippen LogP contribution in [-0.2, 0) is 27.4 Å². The van der Waals surface area contributed by atoms with Gasteiger partial charge < -0.3 is 26.8 Å². The molecule has 3 amide bonds. The summed E-state index contributed by atoms with van der Waals surface area (Å²) in [5, 5.41) is 5.28. The number of rotatable bonds is 12. The summed E-state index contributed by atoms with van der Waals surface area (Å²) < 4.78 is 5.13. The minimum atomic E-state index is -0.806. The molecule has 0 saturated heterocycles. The smallest absolute Gasteiger partial charge is 0.407 e. The highest BCUT2D eigenvalue weighted by molar-refractivity contribution is 5.89. The summed E-state index contributed by atoms with van der Waals surface area (Å²) in [4.78, 5) is 35.7. The van der Waals surface area contributed by atoms with Gasteiger partial charge in [0.1, 0.15) is 12.6 Å². The number of nitrogens with two attached hydrogens (primary N) is 2. The molecule has 8 nitrogen and oxygen atoms in total. The van der Waals surface area contributed by atoms with Crippen molar-refractivity contribution >= 4 is 17.9 Å². The molecule has 2 atom stereocenters. The number of unbranched alkanes of at least 4 members (excludes halogenated alkanes) is 1. The molecule has 0 aromatic heterocycles. The molecule has 2 rings (SSSR count). The number of carbonyl (C=O) groups excluding carboxylic acids is 3. The Kier molecular flexibility index (Phi) is 10.0. The highest BCUT2D eigenvalue weighted by Gasteiger charge is 2.21. The van der Waals surface area contributed by atoms with E-state index < -0.39 is 30.0 Å². The van der Waals surface area contributed by atoms with Gasteiger partial charge in [0, 0.05) is 6.54 Å². The van der Waals surface area contributed by atoms with Crippen molar-refractivity contribution in [3.8, 4) is 0 Å².